The lowest BCUT2D eigenvalue weighted by Crippen LogP contribution is -2.29. The Morgan fingerprint density at radius 2 is 2.50 bits per heavy atom. The van der Waals surface area contributed by atoms with Gasteiger partial charge in [0.05, 0.1) is 11.7 Å². The van der Waals surface area contributed by atoms with E-state index in [0.29, 0.717) is 0 Å². The molecule has 0 fully saturated rings. The predicted molar refractivity (Wildman–Crippen MR) is 55.2 cm³/mol. The first-order valence-corrected chi connectivity index (χ1v) is 5.09. The van der Waals surface area contributed by atoms with E-state index in [1.165, 1.54) is 0 Å². The summed E-state index contributed by atoms with van der Waals surface area (Å²) in [5.41, 5.74) is 0.992. The van der Waals surface area contributed by atoms with Gasteiger partial charge in [0, 0.05) is 12.7 Å². The summed E-state index contributed by atoms with van der Waals surface area (Å²) in [5, 5.41) is 6.90. The molecule has 1 aromatic rings. The third-order valence-electron chi connectivity index (χ3n) is 1.99. The van der Waals surface area contributed by atoms with E-state index in [4.69, 9.17) is 11.6 Å². The summed E-state index contributed by atoms with van der Waals surface area (Å²) in [4.78, 5) is 11.0. The van der Waals surface area contributed by atoms with Crippen LogP contribution in [0.2, 0.25) is 0 Å². The van der Waals surface area contributed by atoms with Gasteiger partial charge in [-0.05, 0) is 19.9 Å². The molecule has 1 amide bonds. The number of carbonyl (C=O) groups is 1. The summed E-state index contributed by atoms with van der Waals surface area (Å²) < 4.78 is 1.85. The van der Waals surface area contributed by atoms with Crippen molar-refractivity contribution >= 4 is 17.5 Å². The van der Waals surface area contributed by atoms with Crippen molar-refractivity contribution in [2.24, 2.45) is 0 Å². The van der Waals surface area contributed by atoms with E-state index in [9.17, 15) is 4.79 Å². The second kappa shape index (κ2) is 5.00. The van der Waals surface area contributed by atoms with Crippen molar-refractivity contribution in [3.8, 4) is 0 Å². The van der Waals surface area contributed by atoms with Crippen LogP contribution in [-0.4, -0.2) is 21.6 Å². The molecule has 78 valence electrons. The molecule has 4 nitrogen and oxygen atoms in total. The molecule has 0 bridgehead atoms. The van der Waals surface area contributed by atoms with Gasteiger partial charge in [-0.15, -0.1) is 11.6 Å². The van der Waals surface area contributed by atoms with E-state index in [1.807, 2.05) is 24.6 Å². The molecule has 1 N–H and O–H groups in total. The Morgan fingerprint density at radius 3 is 3.07 bits per heavy atom. The van der Waals surface area contributed by atoms with Crippen LogP contribution in [0.4, 0.5) is 0 Å². The van der Waals surface area contributed by atoms with Crippen molar-refractivity contribution in [1.29, 1.82) is 0 Å². The molecule has 14 heavy (non-hydrogen) atoms. The van der Waals surface area contributed by atoms with E-state index in [2.05, 4.69) is 10.4 Å². The Labute approximate surface area is 88.2 Å². The zero-order valence-electron chi connectivity index (χ0n) is 8.33. The minimum Gasteiger partial charge on any atom is -0.347 e. The zero-order chi connectivity index (χ0) is 10.6. The first-order chi connectivity index (χ1) is 6.69. The number of alkyl halides is 1. The molecule has 1 heterocycles. The smallest absolute Gasteiger partial charge is 0.235 e. The van der Waals surface area contributed by atoms with Gasteiger partial charge >= 0.3 is 0 Å². The molecular formula is C9H14ClN3O. The van der Waals surface area contributed by atoms with Crippen LogP contribution in [0.1, 0.15) is 25.6 Å². The molecule has 1 rings (SSSR count). The van der Waals surface area contributed by atoms with Gasteiger partial charge in [0.25, 0.3) is 0 Å². The number of hydrogen-bond donors (Lipinski definition) is 1. The van der Waals surface area contributed by atoms with Gasteiger partial charge in [0.2, 0.25) is 5.91 Å². The maximum Gasteiger partial charge on any atom is 0.235 e. The van der Waals surface area contributed by atoms with Crippen LogP contribution in [0.5, 0.6) is 0 Å². The monoisotopic (exact) mass is 215 g/mol. The molecule has 0 saturated heterocycles. The molecule has 0 aliphatic heterocycles. The average molecular weight is 216 g/mol. The van der Waals surface area contributed by atoms with Gasteiger partial charge in [-0.2, -0.15) is 5.10 Å². The average Bonchev–Trinajstić information content (AvgIpc) is 2.65. The van der Waals surface area contributed by atoms with Gasteiger partial charge in [-0.25, -0.2) is 0 Å². The topological polar surface area (TPSA) is 46.9 Å². The number of nitrogens with one attached hydrogen (secondary N) is 1. The van der Waals surface area contributed by atoms with E-state index in [-0.39, 0.29) is 17.8 Å². The summed E-state index contributed by atoms with van der Waals surface area (Å²) in [6, 6.07) is 1.84. The maximum absolute atomic E-state index is 11.0. The van der Waals surface area contributed by atoms with Crippen LogP contribution in [0.25, 0.3) is 0 Å². The molecule has 0 radical (unpaired) electrons. The van der Waals surface area contributed by atoms with Crippen LogP contribution in [0.3, 0.4) is 0 Å². The van der Waals surface area contributed by atoms with Crippen molar-refractivity contribution < 1.29 is 4.79 Å². The number of carbonyl (C=O) groups excluding carboxylic acids is 1. The molecule has 1 atom stereocenters. The number of hydrogen-bond acceptors (Lipinski definition) is 2. The fourth-order valence-electron chi connectivity index (χ4n) is 1.33. The van der Waals surface area contributed by atoms with E-state index in [0.717, 1.165) is 12.2 Å². The lowest BCUT2D eigenvalue weighted by molar-refractivity contribution is -0.119. The van der Waals surface area contributed by atoms with Crippen molar-refractivity contribution in [2.45, 2.75) is 26.4 Å². The van der Waals surface area contributed by atoms with Crippen LogP contribution < -0.4 is 5.32 Å². The molecule has 0 spiro atoms. The summed E-state index contributed by atoms with van der Waals surface area (Å²) >= 11 is 5.40. The first kappa shape index (κ1) is 11.0. The Balaban J connectivity index is 2.68. The Hall–Kier alpha value is -1.03. The van der Waals surface area contributed by atoms with Crippen molar-refractivity contribution in [1.82, 2.24) is 15.1 Å². The van der Waals surface area contributed by atoms with E-state index >= 15 is 0 Å². The van der Waals surface area contributed by atoms with Crippen molar-refractivity contribution in [3.63, 3.8) is 0 Å². The Kier molecular flexibility index (Phi) is 3.95. The lowest BCUT2D eigenvalue weighted by Gasteiger charge is -2.14. The quantitative estimate of drug-likeness (QED) is 0.771. The summed E-state index contributed by atoms with van der Waals surface area (Å²) in [6.07, 6.45) is 1.72. The molecule has 5 heteroatoms. The third-order valence-corrected chi connectivity index (χ3v) is 2.23. The van der Waals surface area contributed by atoms with Crippen LogP contribution in [0.15, 0.2) is 12.3 Å². The fraction of sp³-hybridized carbons (Fsp3) is 0.556. The van der Waals surface area contributed by atoms with Crippen molar-refractivity contribution in [3.05, 3.63) is 18.0 Å². The highest BCUT2D eigenvalue weighted by atomic mass is 35.5. The third kappa shape index (κ3) is 2.48. The van der Waals surface area contributed by atoms with Crippen molar-refractivity contribution in [2.75, 3.05) is 5.88 Å². The largest absolute Gasteiger partial charge is 0.347 e. The van der Waals surface area contributed by atoms with Gasteiger partial charge in [-0.1, -0.05) is 0 Å². The molecule has 0 aliphatic rings. The standard InChI is InChI=1S/C9H14ClN3O/c1-3-13-8(4-5-11-13)7(2)12-9(14)6-10/h4-5,7H,3,6H2,1-2H3,(H,12,14). The minimum atomic E-state index is -0.164. The summed E-state index contributed by atoms with van der Waals surface area (Å²) in [7, 11) is 0. The minimum absolute atomic E-state index is 0.00932. The molecular weight excluding hydrogens is 202 g/mol. The molecule has 0 aromatic carbocycles. The Bertz CT molecular complexity index is 311. The fourth-order valence-corrected chi connectivity index (χ4v) is 1.41. The molecule has 1 aromatic heterocycles. The number of halogens is 1. The molecule has 0 saturated carbocycles. The van der Waals surface area contributed by atoms with Crippen LogP contribution in [-0.2, 0) is 11.3 Å². The van der Waals surface area contributed by atoms with Gasteiger partial charge in [0.15, 0.2) is 0 Å². The number of nitrogens with zero attached hydrogens (tertiary/aromatic N) is 2. The number of aryl methyl sites for hydroxylation is 1. The van der Waals surface area contributed by atoms with Crippen LogP contribution >= 0.6 is 11.6 Å². The van der Waals surface area contributed by atoms with Gasteiger partial charge in [0.1, 0.15) is 5.88 Å². The van der Waals surface area contributed by atoms with Gasteiger partial charge < -0.3 is 5.32 Å². The number of amides is 1. The highest BCUT2D eigenvalue weighted by molar-refractivity contribution is 6.27. The van der Waals surface area contributed by atoms with E-state index < -0.39 is 0 Å². The SMILES string of the molecule is CCn1nccc1C(C)NC(=O)CCl. The maximum atomic E-state index is 11.0. The second-order valence-electron chi connectivity index (χ2n) is 2.99. The summed E-state index contributed by atoms with van der Waals surface area (Å²) in [6.45, 7) is 4.71. The van der Waals surface area contributed by atoms with Crippen LogP contribution in [0, 0.1) is 0 Å². The zero-order valence-corrected chi connectivity index (χ0v) is 9.08. The second-order valence-corrected chi connectivity index (χ2v) is 3.26. The summed E-state index contributed by atoms with van der Waals surface area (Å²) in [5.74, 6) is -0.173. The predicted octanol–water partition coefficient (Wildman–Crippen LogP) is 1.32. The lowest BCUT2D eigenvalue weighted by atomic mass is 10.2. The molecule has 1 unspecified atom stereocenters. The molecule has 0 aliphatic carbocycles. The van der Waals surface area contributed by atoms with E-state index in [1.54, 1.807) is 6.20 Å². The first-order valence-electron chi connectivity index (χ1n) is 4.56. The highest BCUT2D eigenvalue weighted by Crippen LogP contribution is 2.11. The Morgan fingerprint density at radius 1 is 1.79 bits per heavy atom. The highest BCUT2D eigenvalue weighted by Gasteiger charge is 2.12. The normalized spacial score (nSPS) is 12.5. The number of aromatic nitrogens is 2. The van der Waals surface area contributed by atoms with Gasteiger partial charge in [-0.3, -0.25) is 9.48 Å². The number of rotatable bonds is 4.